The first-order chi connectivity index (χ1) is 14.5. The number of primary amides is 1. The molecule has 152 valence electrons. The predicted octanol–water partition coefficient (Wildman–Crippen LogP) is 2.91. The first kappa shape index (κ1) is 20.7. The predicted molar refractivity (Wildman–Crippen MR) is 115 cm³/mol. The van der Waals surface area contributed by atoms with Gasteiger partial charge in [0.25, 0.3) is 11.8 Å². The standard InChI is InChI=1S/C23H22N4O3/c1-15-17(11-12-19(26-15)16-7-3-2-4-8-16)23(30)27-20-10-6-5-9-18(20)22(29)25-14-13-21(24)28/h2-12H,13-14H2,1H3,(H2,24,28)(H,25,29)(H,27,30). The summed E-state index contributed by atoms with van der Waals surface area (Å²) < 4.78 is 0. The number of aromatic nitrogens is 1. The Hall–Kier alpha value is -4.00. The van der Waals surface area contributed by atoms with E-state index in [0.717, 1.165) is 11.3 Å². The second-order valence-electron chi connectivity index (χ2n) is 6.67. The molecular weight excluding hydrogens is 380 g/mol. The Labute approximate surface area is 174 Å². The summed E-state index contributed by atoms with van der Waals surface area (Å²) in [6.07, 6.45) is 0.0406. The molecule has 3 aromatic rings. The number of pyridine rings is 1. The van der Waals surface area contributed by atoms with Gasteiger partial charge in [0.05, 0.1) is 28.2 Å². The van der Waals surface area contributed by atoms with Crippen molar-refractivity contribution in [3.05, 3.63) is 83.6 Å². The molecule has 0 aliphatic rings. The minimum absolute atomic E-state index is 0.0406. The monoisotopic (exact) mass is 402 g/mol. The molecule has 0 radical (unpaired) electrons. The van der Waals surface area contributed by atoms with Gasteiger partial charge in [-0.25, -0.2) is 0 Å². The molecule has 0 atom stereocenters. The number of nitrogens with one attached hydrogen (secondary N) is 2. The number of benzene rings is 2. The van der Waals surface area contributed by atoms with E-state index in [2.05, 4.69) is 15.6 Å². The molecule has 0 spiro atoms. The quantitative estimate of drug-likeness (QED) is 0.564. The van der Waals surface area contributed by atoms with E-state index in [9.17, 15) is 14.4 Å². The summed E-state index contributed by atoms with van der Waals surface area (Å²) in [6, 6.07) is 19.9. The van der Waals surface area contributed by atoms with Crippen molar-refractivity contribution in [3.8, 4) is 11.3 Å². The molecule has 0 saturated carbocycles. The van der Waals surface area contributed by atoms with Crippen LogP contribution in [0, 0.1) is 6.92 Å². The highest BCUT2D eigenvalue weighted by atomic mass is 16.2. The molecule has 1 heterocycles. The summed E-state index contributed by atoms with van der Waals surface area (Å²) in [7, 11) is 0. The Morgan fingerprint density at radius 1 is 0.867 bits per heavy atom. The van der Waals surface area contributed by atoms with Gasteiger partial charge in [-0.3, -0.25) is 19.4 Å². The highest BCUT2D eigenvalue weighted by Crippen LogP contribution is 2.21. The topological polar surface area (TPSA) is 114 Å². The lowest BCUT2D eigenvalue weighted by atomic mass is 10.1. The maximum absolute atomic E-state index is 12.8. The van der Waals surface area contributed by atoms with E-state index in [-0.39, 0.29) is 18.9 Å². The number of anilines is 1. The Bertz CT molecular complexity index is 1080. The lowest BCUT2D eigenvalue weighted by Gasteiger charge is -2.12. The fourth-order valence-corrected chi connectivity index (χ4v) is 2.94. The number of hydrogen-bond acceptors (Lipinski definition) is 4. The van der Waals surface area contributed by atoms with E-state index < -0.39 is 11.8 Å². The SMILES string of the molecule is Cc1nc(-c2ccccc2)ccc1C(=O)Nc1ccccc1C(=O)NCCC(N)=O. The van der Waals surface area contributed by atoms with Gasteiger partial charge in [-0.15, -0.1) is 0 Å². The summed E-state index contributed by atoms with van der Waals surface area (Å²) in [5, 5.41) is 5.39. The molecule has 4 N–H and O–H groups in total. The number of nitrogens with two attached hydrogens (primary N) is 1. The number of aryl methyl sites for hydroxylation is 1. The summed E-state index contributed by atoms with van der Waals surface area (Å²) in [4.78, 5) is 40.6. The Morgan fingerprint density at radius 2 is 1.57 bits per heavy atom. The minimum atomic E-state index is -0.501. The van der Waals surface area contributed by atoms with Gasteiger partial charge in [0.2, 0.25) is 5.91 Å². The number of carbonyl (C=O) groups is 3. The van der Waals surface area contributed by atoms with E-state index in [1.807, 2.05) is 30.3 Å². The van der Waals surface area contributed by atoms with Crippen molar-refractivity contribution in [3.63, 3.8) is 0 Å². The first-order valence-corrected chi connectivity index (χ1v) is 9.45. The molecule has 0 aliphatic heterocycles. The Morgan fingerprint density at radius 3 is 2.27 bits per heavy atom. The molecule has 0 unspecified atom stereocenters. The molecule has 2 aromatic carbocycles. The van der Waals surface area contributed by atoms with E-state index in [4.69, 9.17) is 5.73 Å². The highest BCUT2D eigenvalue weighted by Gasteiger charge is 2.16. The van der Waals surface area contributed by atoms with E-state index in [0.29, 0.717) is 22.5 Å². The van der Waals surface area contributed by atoms with Crippen molar-refractivity contribution in [2.24, 2.45) is 5.73 Å². The molecular formula is C23H22N4O3. The van der Waals surface area contributed by atoms with E-state index in [1.165, 1.54) is 0 Å². The van der Waals surface area contributed by atoms with Crippen molar-refractivity contribution in [2.45, 2.75) is 13.3 Å². The lowest BCUT2D eigenvalue weighted by molar-refractivity contribution is -0.117. The molecule has 7 nitrogen and oxygen atoms in total. The number of nitrogens with zero attached hydrogens (tertiary/aromatic N) is 1. The molecule has 3 rings (SSSR count). The van der Waals surface area contributed by atoms with Crippen molar-refractivity contribution < 1.29 is 14.4 Å². The van der Waals surface area contributed by atoms with Crippen LogP contribution in [0.2, 0.25) is 0 Å². The van der Waals surface area contributed by atoms with Gasteiger partial charge in [0.1, 0.15) is 0 Å². The second kappa shape index (κ2) is 9.47. The third kappa shape index (κ3) is 5.08. The molecule has 0 saturated heterocycles. The average molecular weight is 402 g/mol. The summed E-state index contributed by atoms with van der Waals surface area (Å²) in [6.45, 7) is 1.89. The molecule has 3 amide bonds. The van der Waals surface area contributed by atoms with Crippen LogP contribution < -0.4 is 16.4 Å². The maximum Gasteiger partial charge on any atom is 0.257 e. The van der Waals surface area contributed by atoms with Crippen LogP contribution in [0.4, 0.5) is 5.69 Å². The zero-order valence-corrected chi connectivity index (χ0v) is 16.5. The van der Waals surface area contributed by atoms with Gasteiger partial charge in [0.15, 0.2) is 0 Å². The summed E-state index contributed by atoms with van der Waals surface area (Å²) in [5.41, 5.74) is 8.48. The van der Waals surface area contributed by atoms with E-state index in [1.54, 1.807) is 43.3 Å². The molecule has 30 heavy (non-hydrogen) atoms. The molecule has 0 aliphatic carbocycles. The van der Waals surface area contributed by atoms with Crippen LogP contribution in [0.3, 0.4) is 0 Å². The molecule has 7 heteroatoms. The van der Waals surface area contributed by atoms with Crippen molar-refractivity contribution in [1.29, 1.82) is 0 Å². The fourth-order valence-electron chi connectivity index (χ4n) is 2.94. The van der Waals surface area contributed by atoms with Crippen LogP contribution in [0.25, 0.3) is 11.3 Å². The van der Waals surface area contributed by atoms with Gasteiger partial charge in [-0.2, -0.15) is 0 Å². The van der Waals surface area contributed by atoms with Crippen LogP contribution >= 0.6 is 0 Å². The lowest BCUT2D eigenvalue weighted by Crippen LogP contribution is -2.29. The highest BCUT2D eigenvalue weighted by molar-refractivity contribution is 6.09. The zero-order chi connectivity index (χ0) is 21.5. The number of amides is 3. The Kier molecular flexibility index (Phi) is 6.54. The van der Waals surface area contributed by atoms with Crippen molar-refractivity contribution in [2.75, 3.05) is 11.9 Å². The number of rotatable bonds is 7. The second-order valence-corrected chi connectivity index (χ2v) is 6.67. The van der Waals surface area contributed by atoms with Crippen LogP contribution in [0.1, 0.15) is 32.8 Å². The number of para-hydroxylation sites is 1. The van der Waals surface area contributed by atoms with Crippen LogP contribution in [0.15, 0.2) is 66.7 Å². The van der Waals surface area contributed by atoms with Crippen LogP contribution in [-0.2, 0) is 4.79 Å². The van der Waals surface area contributed by atoms with Crippen LogP contribution in [0.5, 0.6) is 0 Å². The van der Waals surface area contributed by atoms with Crippen molar-refractivity contribution in [1.82, 2.24) is 10.3 Å². The van der Waals surface area contributed by atoms with E-state index >= 15 is 0 Å². The molecule has 0 bridgehead atoms. The summed E-state index contributed by atoms with van der Waals surface area (Å²) in [5.74, 6) is -1.27. The first-order valence-electron chi connectivity index (χ1n) is 9.45. The fraction of sp³-hybridized carbons (Fsp3) is 0.130. The molecule has 0 fully saturated rings. The third-order valence-electron chi connectivity index (χ3n) is 4.48. The number of carbonyl (C=O) groups excluding carboxylic acids is 3. The third-order valence-corrected chi connectivity index (χ3v) is 4.48. The zero-order valence-electron chi connectivity index (χ0n) is 16.5. The van der Waals surface area contributed by atoms with Gasteiger partial charge in [0, 0.05) is 18.5 Å². The van der Waals surface area contributed by atoms with Gasteiger partial charge in [-0.05, 0) is 31.2 Å². The molecule has 1 aromatic heterocycles. The van der Waals surface area contributed by atoms with Crippen LogP contribution in [-0.4, -0.2) is 29.3 Å². The average Bonchev–Trinajstić information content (AvgIpc) is 2.74. The smallest absolute Gasteiger partial charge is 0.257 e. The largest absolute Gasteiger partial charge is 0.370 e. The van der Waals surface area contributed by atoms with Gasteiger partial charge < -0.3 is 16.4 Å². The number of hydrogen-bond donors (Lipinski definition) is 3. The van der Waals surface area contributed by atoms with Gasteiger partial charge in [-0.1, -0.05) is 42.5 Å². The normalized spacial score (nSPS) is 10.3. The maximum atomic E-state index is 12.8. The minimum Gasteiger partial charge on any atom is -0.370 e. The summed E-state index contributed by atoms with van der Waals surface area (Å²) >= 11 is 0. The van der Waals surface area contributed by atoms with Gasteiger partial charge >= 0.3 is 0 Å². The Balaban J connectivity index is 1.76. The van der Waals surface area contributed by atoms with Crippen molar-refractivity contribution >= 4 is 23.4 Å².